The van der Waals surface area contributed by atoms with Crippen molar-refractivity contribution in [2.75, 3.05) is 18.4 Å². The lowest BCUT2D eigenvalue weighted by Crippen LogP contribution is -2.42. The number of alkyl halides is 3. The van der Waals surface area contributed by atoms with Gasteiger partial charge in [0.1, 0.15) is 11.3 Å². The van der Waals surface area contributed by atoms with Gasteiger partial charge in [0.15, 0.2) is 0 Å². The molecular formula is C27H29F3N6O. The smallest absolute Gasteiger partial charge is 0.361 e. The van der Waals surface area contributed by atoms with Crippen molar-refractivity contribution >= 4 is 11.5 Å². The number of halogens is 3. The van der Waals surface area contributed by atoms with E-state index in [1.165, 1.54) is 12.8 Å². The van der Waals surface area contributed by atoms with Crippen LogP contribution in [-0.4, -0.2) is 50.2 Å². The summed E-state index contributed by atoms with van der Waals surface area (Å²) in [4.78, 5) is 15.8. The number of fused-ring (bicyclic) bond motifs is 1. The molecule has 4 heterocycles. The summed E-state index contributed by atoms with van der Waals surface area (Å²) in [6.07, 6.45) is 4.06. The van der Waals surface area contributed by atoms with Gasteiger partial charge in [0.05, 0.1) is 28.3 Å². The molecule has 1 saturated heterocycles. The maximum atomic E-state index is 14.1. The third kappa shape index (κ3) is 4.41. The van der Waals surface area contributed by atoms with Crippen LogP contribution in [0.25, 0.3) is 16.8 Å². The van der Waals surface area contributed by atoms with Crippen LogP contribution in [0.2, 0.25) is 0 Å². The fourth-order valence-electron chi connectivity index (χ4n) is 6.07. The van der Waals surface area contributed by atoms with E-state index >= 15 is 0 Å². The predicted molar refractivity (Wildman–Crippen MR) is 133 cm³/mol. The van der Waals surface area contributed by atoms with Crippen LogP contribution in [0.15, 0.2) is 28.9 Å². The number of aromatic nitrogens is 4. The van der Waals surface area contributed by atoms with Crippen molar-refractivity contribution in [3.05, 3.63) is 58.4 Å². The van der Waals surface area contributed by atoms with Crippen molar-refractivity contribution in [1.82, 2.24) is 25.0 Å². The number of aryl methyl sites for hydroxylation is 2. The fraction of sp³-hybridized carbons (Fsp3) is 0.481. The van der Waals surface area contributed by atoms with Gasteiger partial charge in [-0.3, -0.25) is 9.88 Å². The average molecular weight is 511 g/mol. The van der Waals surface area contributed by atoms with E-state index in [0.29, 0.717) is 40.7 Å². The third-order valence-corrected chi connectivity index (χ3v) is 7.81. The Bertz CT molecular complexity index is 1340. The summed E-state index contributed by atoms with van der Waals surface area (Å²) in [7, 11) is 0. The van der Waals surface area contributed by atoms with Crippen molar-refractivity contribution in [3.63, 3.8) is 0 Å². The highest BCUT2D eigenvalue weighted by Gasteiger charge is 2.38. The number of likely N-dealkylation sites (tertiary alicyclic amines) is 1. The quantitative estimate of drug-likeness (QED) is 0.480. The Kier molecular flexibility index (Phi) is 6.01. The molecule has 2 fully saturated rings. The first kappa shape index (κ1) is 24.1. The molecule has 2 atom stereocenters. The van der Waals surface area contributed by atoms with Crippen LogP contribution in [0.3, 0.4) is 0 Å². The first-order valence-electron chi connectivity index (χ1n) is 12.9. The molecule has 0 spiro atoms. The molecule has 0 bridgehead atoms. The molecule has 3 aromatic rings. The highest BCUT2D eigenvalue weighted by atomic mass is 19.4. The minimum atomic E-state index is -4.58. The van der Waals surface area contributed by atoms with Crippen molar-refractivity contribution in [2.45, 2.75) is 70.6 Å². The molecule has 1 aliphatic heterocycles. The van der Waals surface area contributed by atoms with Crippen LogP contribution in [0.4, 0.5) is 19.1 Å². The molecule has 0 unspecified atom stereocenters. The summed E-state index contributed by atoms with van der Waals surface area (Å²) in [5, 5.41) is 7.37. The SMILES string of the molecule is Cc1noc(C)c1-c1ccc2c(n1)CC=C2c1nc(N[C@H]2CCC[C@@H]2N2CCCC2)ncc1C(F)(F)F. The van der Waals surface area contributed by atoms with E-state index in [0.717, 1.165) is 49.8 Å². The van der Waals surface area contributed by atoms with Crippen LogP contribution in [0.5, 0.6) is 0 Å². The molecule has 0 amide bonds. The van der Waals surface area contributed by atoms with E-state index in [9.17, 15) is 13.2 Å². The maximum Gasteiger partial charge on any atom is 0.419 e. The number of hydrogen-bond donors (Lipinski definition) is 1. The Morgan fingerprint density at radius 3 is 2.59 bits per heavy atom. The molecule has 37 heavy (non-hydrogen) atoms. The molecule has 1 saturated carbocycles. The third-order valence-electron chi connectivity index (χ3n) is 7.81. The zero-order chi connectivity index (χ0) is 25.7. The molecule has 3 aromatic heterocycles. The lowest BCUT2D eigenvalue weighted by molar-refractivity contribution is -0.138. The van der Waals surface area contributed by atoms with Crippen LogP contribution < -0.4 is 5.32 Å². The maximum absolute atomic E-state index is 14.1. The molecule has 10 heteroatoms. The van der Waals surface area contributed by atoms with Gasteiger partial charge in [0, 0.05) is 35.8 Å². The summed E-state index contributed by atoms with van der Waals surface area (Å²) in [5.41, 5.74) is 3.08. The van der Waals surface area contributed by atoms with Crippen molar-refractivity contribution in [2.24, 2.45) is 0 Å². The van der Waals surface area contributed by atoms with Gasteiger partial charge in [-0.2, -0.15) is 13.2 Å². The lowest BCUT2D eigenvalue weighted by atomic mass is 10.0. The van der Waals surface area contributed by atoms with E-state index in [1.807, 2.05) is 19.9 Å². The second kappa shape index (κ2) is 9.24. The zero-order valence-electron chi connectivity index (χ0n) is 20.9. The summed E-state index contributed by atoms with van der Waals surface area (Å²) in [6.45, 7) is 5.81. The molecule has 0 radical (unpaired) electrons. The Hall–Kier alpha value is -3.27. The molecule has 194 valence electrons. The lowest BCUT2D eigenvalue weighted by Gasteiger charge is -2.29. The average Bonchev–Trinajstić information content (AvgIpc) is 3.65. The first-order chi connectivity index (χ1) is 17.8. The summed E-state index contributed by atoms with van der Waals surface area (Å²) in [5.74, 6) is 0.898. The molecule has 0 aromatic carbocycles. The number of nitrogens with one attached hydrogen (secondary N) is 1. The minimum Gasteiger partial charge on any atom is -0.361 e. The Balaban J connectivity index is 1.33. The Morgan fingerprint density at radius 1 is 1.05 bits per heavy atom. The molecule has 3 aliphatic rings. The number of allylic oxidation sites excluding steroid dienone is 1. The van der Waals surface area contributed by atoms with Gasteiger partial charge < -0.3 is 9.84 Å². The first-order valence-corrected chi connectivity index (χ1v) is 12.9. The normalized spacial score (nSPS) is 21.9. The standard InChI is InChI=1S/C27H29F3N6O/c1-15-24(16(2)37-35-15)22-11-8-17-18(9-10-20(17)32-22)25-19(27(28,29)30)14-31-26(34-25)33-21-6-5-7-23(21)36-12-3-4-13-36/h8-9,11,14,21,23H,3-7,10,12-13H2,1-2H3,(H,31,33,34)/t21-,23-/m0/s1. The van der Waals surface area contributed by atoms with Crippen molar-refractivity contribution < 1.29 is 17.7 Å². The topological polar surface area (TPSA) is 80.0 Å². The number of nitrogens with zero attached hydrogens (tertiary/aromatic N) is 5. The molecular weight excluding hydrogens is 481 g/mol. The summed E-state index contributed by atoms with van der Waals surface area (Å²) < 4.78 is 47.4. The van der Waals surface area contributed by atoms with Gasteiger partial charge in [-0.05, 0) is 65.1 Å². The molecule has 6 rings (SSSR count). The number of rotatable bonds is 5. The van der Waals surface area contributed by atoms with Crippen LogP contribution in [0.1, 0.15) is 66.1 Å². The number of hydrogen-bond acceptors (Lipinski definition) is 7. The van der Waals surface area contributed by atoms with Crippen molar-refractivity contribution in [3.8, 4) is 11.3 Å². The van der Waals surface area contributed by atoms with E-state index in [-0.39, 0.29) is 17.7 Å². The second-order valence-electron chi connectivity index (χ2n) is 10.2. The summed E-state index contributed by atoms with van der Waals surface area (Å²) in [6, 6.07) is 4.12. The number of anilines is 1. The van der Waals surface area contributed by atoms with E-state index in [2.05, 4.69) is 25.3 Å². The van der Waals surface area contributed by atoms with Gasteiger partial charge in [0.25, 0.3) is 0 Å². The zero-order valence-corrected chi connectivity index (χ0v) is 20.9. The van der Waals surface area contributed by atoms with E-state index in [1.54, 1.807) is 12.1 Å². The van der Waals surface area contributed by atoms with Gasteiger partial charge in [-0.15, -0.1) is 0 Å². The van der Waals surface area contributed by atoms with Gasteiger partial charge in [-0.1, -0.05) is 17.3 Å². The molecule has 7 nitrogen and oxygen atoms in total. The van der Waals surface area contributed by atoms with Gasteiger partial charge >= 0.3 is 6.18 Å². The van der Waals surface area contributed by atoms with Gasteiger partial charge in [0.2, 0.25) is 5.95 Å². The monoisotopic (exact) mass is 510 g/mol. The largest absolute Gasteiger partial charge is 0.419 e. The predicted octanol–water partition coefficient (Wildman–Crippen LogP) is 5.58. The molecule has 1 N–H and O–H groups in total. The highest BCUT2D eigenvalue weighted by molar-refractivity contribution is 5.85. The van der Waals surface area contributed by atoms with Crippen molar-refractivity contribution in [1.29, 1.82) is 0 Å². The Morgan fingerprint density at radius 2 is 1.86 bits per heavy atom. The highest BCUT2D eigenvalue weighted by Crippen LogP contribution is 2.40. The van der Waals surface area contributed by atoms with E-state index < -0.39 is 11.7 Å². The van der Waals surface area contributed by atoms with Crippen LogP contribution in [-0.2, 0) is 12.6 Å². The van der Waals surface area contributed by atoms with E-state index in [4.69, 9.17) is 9.51 Å². The van der Waals surface area contributed by atoms with Crippen LogP contribution in [0, 0.1) is 13.8 Å². The number of pyridine rings is 1. The summed E-state index contributed by atoms with van der Waals surface area (Å²) >= 11 is 0. The van der Waals surface area contributed by atoms with Gasteiger partial charge in [-0.25, -0.2) is 9.97 Å². The Labute approximate surface area is 213 Å². The minimum absolute atomic E-state index is 0.105. The fourth-order valence-corrected chi connectivity index (χ4v) is 6.07. The second-order valence-corrected chi connectivity index (χ2v) is 10.2. The van der Waals surface area contributed by atoms with Crippen LogP contribution >= 0.6 is 0 Å². The molecule has 2 aliphatic carbocycles.